The van der Waals surface area contributed by atoms with E-state index in [-0.39, 0.29) is 30.7 Å². The normalized spacial score (nSPS) is 17.3. The maximum atomic E-state index is 12.1. The third-order valence-electron chi connectivity index (χ3n) is 4.74. The minimum Gasteiger partial charge on any atom is -0.369 e. The number of nitrogens with one attached hydrogen (secondary N) is 3. The zero-order chi connectivity index (χ0) is 15.9. The SMILES string of the molecule is Cl.Cl.O=C(CCNc1ncnc2c1CCNCC2)NC1CCCCC1. The molecule has 25 heavy (non-hydrogen) atoms. The van der Waals surface area contributed by atoms with E-state index < -0.39 is 0 Å². The molecule has 2 aliphatic rings. The molecule has 0 atom stereocenters. The first kappa shape index (κ1) is 21.9. The molecule has 1 fully saturated rings. The van der Waals surface area contributed by atoms with Crippen molar-refractivity contribution in [3.63, 3.8) is 0 Å². The fourth-order valence-electron chi connectivity index (χ4n) is 3.47. The van der Waals surface area contributed by atoms with Crippen LogP contribution in [0.5, 0.6) is 0 Å². The van der Waals surface area contributed by atoms with Crippen LogP contribution in [0.1, 0.15) is 49.8 Å². The lowest BCUT2D eigenvalue weighted by molar-refractivity contribution is -0.121. The van der Waals surface area contributed by atoms with E-state index in [1.165, 1.54) is 24.8 Å². The molecule has 0 saturated heterocycles. The molecule has 8 heteroatoms. The zero-order valence-electron chi connectivity index (χ0n) is 14.6. The fourth-order valence-corrected chi connectivity index (χ4v) is 3.47. The zero-order valence-corrected chi connectivity index (χ0v) is 16.2. The van der Waals surface area contributed by atoms with Crippen LogP contribution in [0.2, 0.25) is 0 Å². The highest BCUT2D eigenvalue weighted by molar-refractivity contribution is 5.85. The van der Waals surface area contributed by atoms with Crippen molar-refractivity contribution in [3.8, 4) is 0 Å². The number of carbonyl (C=O) groups is 1. The molecule has 0 radical (unpaired) electrons. The van der Waals surface area contributed by atoms with E-state index in [0.717, 1.165) is 50.3 Å². The van der Waals surface area contributed by atoms with Gasteiger partial charge in [-0.25, -0.2) is 9.97 Å². The van der Waals surface area contributed by atoms with Gasteiger partial charge in [-0.1, -0.05) is 19.3 Å². The van der Waals surface area contributed by atoms with E-state index in [0.29, 0.717) is 19.0 Å². The first-order chi connectivity index (χ1) is 11.3. The van der Waals surface area contributed by atoms with Crippen molar-refractivity contribution in [2.75, 3.05) is 25.0 Å². The van der Waals surface area contributed by atoms with E-state index >= 15 is 0 Å². The summed E-state index contributed by atoms with van der Waals surface area (Å²) in [7, 11) is 0. The van der Waals surface area contributed by atoms with Gasteiger partial charge in [0.2, 0.25) is 5.91 Å². The molecular formula is C17H29Cl2N5O. The van der Waals surface area contributed by atoms with Gasteiger partial charge < -0.3 is 16.0 Å². The Bertz CT molecular complexity index is 538. The lowest BCUT2D eigenvalue weighted by atomic mass is 9.95. The molecule has 3 N–H and O–H groups in total. The van der Waals surface area contributed by atoms with Gasteiger partial charge in [0, 0.05) is 37.5 Å². The number of amides is 1. The molecule has 0 aromatic carbocycles. The van der Waals surface area contributed by atoms with Crippen LogP contribution in [-0.4, -0.2) is 41.6 Å². The smallest absolute Gasteiger partial charge is 0.221 e. The molecule has 2 heterocycles. The number of fused-ring (bicyclic) bond motifs is 1. The Morgan fingerprint density at radius 2 is 1.88 bits per heavy atom. The highest BCUT2D eigenvalue weighted by Gasteiger charge is 2.16. The second-order valence-corrected chi connectivity index (χ2v) is 6.48. The summed E-state index contributed by atoms with van der Waals surface area (Å²) in [6, 6.07) is 0.387. The van der Waals surface area contributed by atoms with Gasteiger partial charge in [0.1, 0.15) is 12.1 Å². The van der Waals surface area contributed by atoms with Gasteiger partial charge in [0.25, 0.3) is 0 Å². The first-order valence-electron chi connectivity index (χ1n) is 8.89. The number of halogens is 2. The number of nitrogens with zero attached hydrogens (tertiary/aromatic N) is 2. The van der Waals surface area contributed by atoms with Gasteiger partial charge in [0.05, 0.1) is 5.69 Å². The Kier molecular flexibility index (Phi) is 10.1. The Hall–Kier alpha value is -1.11. The van der Waals surface area contributed by atoms with E-state index in [1.807, 2.05) is 0 Å². The third-order valence-corrected chi connectivity index (χ3v) is 4.74. The summed E-state index contributed by atoms with van der Waals surface area (Å²) in [6.07, 6.45) is 10.0. The number of hydrogen-bond donors (Lipinski definition) is 3. The van der Waals surface area contributed by atoms with Crippen LogP contribution in [0.25, 0.3) is 0 Å². The van der Waals surface area contributed by atoms with Gasteiger partial charge >= 0.3 is 0 Å². The van der Waals surface area contributed by atoms with Crippen LogP contribution in [-0.2, 0) is 17.6 Å². The lowest BCUT2D eigenvalue weighted by Gasteiger charge is -2.22. The van der Waals surface area contributed by atoms with Crippen molar-refractivity contribution < 1.29 is 4.79 Å². The summed E-state index contributed by atoms with van der Waals surface area (Å²) < 4.78 is 0. The van der Waals surface area contributed by atoms with Crippen molar-refractivity contribution in [2.24, 2.45) is 0 Å². The number of aromatic nitrogens is 2. The monoisotopic (exact) mass is 389 g/mol. The van der Waals surface area contributed by atoms with Crippen molar-refractivity contribution in [3.05, 3.63) is 17.6 Å². The molecule has 1 saturated carbocycles. The molecule has 3 rings (SSSR count). The van der Waals surface area contributed by atoms with Crippen LogP contribution in [0, 0.1) is 0 Å². The van der Waals surface area contributed by atoms with Crippen LogP contribution in [0.4, 0.5) is 5.82 Å². The van der Waals surface area contributed by atoms with Crippen molar-refractivity contribution in [1.82, 2.24) is 20.6 Å². The van der Waals surface area contributed by atoms with Gasteiger partial charge in [-0.3, -0.25) is 4.79 Å². The third kappa shape index (κ3) is 6.60. The quantitative estimate of drug-likeness (QED) is 0.719. The van der Waals surface area contributed by atoms with Gasteiger partial charge in [-0.2, -0.15) is 0 Å². The Morgan fingerprint density at radius 3 is 2.68 bits per heavy atom. The number of carbonyl (C=O) groups excluding carboxylic acids is 1. The average molecular weight is 390 g/mol. The summed E-state index contributed by atoms with van der Waals surface area (Å²) in [5.41, 5.74) is 2.32. The molecule has 1 amide bonds. The molecule has 1 aliphatic carbocycles. The minimum absolute atomic E-state index is 0. The number of anilines is 1. The number of hydrogen-bond acceptors (Lipinski definition) is 5. The van der Waals surface area contributed by atoms with E-state index in [1.54, 1.807) is 6.33 Å². The standard InChI is InChI=1S/C17H27N5O.2ClH/c23-16(22-13-4-2-1-3-5-13)8-11-19-17-14-6-9-18-10-7-15(14)20-12-21-17;;/h12-13,18H,1-11H2,(H,22,23)(H,19,20,21);2*1H. The van der Waals surface area contributed by atoms with E-state index in [4.69, 9.17) is 0 Å². The average Bonchev–Trinajstić information content (AvgIpc) is 2.82. The highest BCUT2D eigenvalue weighted by atomic mass is 35.5. The van der Waals surface area contributed by atoms with Crippen LogP contribution >= 0.6 is 24.8 Å². The molecule has 0 bridgehead atoms. The summed E-state index contributed by atoms with van der Waals surface area (Å²) in [4.78, 5) is 20.8. The predicted molar refractivity (Wildman–Crippen MR) is 105 cm³/mol. The molecular weight excluding hydrogens is 361 g/mol. The summed E-state index contributed by atoms with van der Waals surface area (Å²) in [5.74, 6) is 1.04. The van der Waals surface area contributed by atoms with E-state index in [9.17, 15) is 4.79 Å². The van der Waals surface area contributed by atoms with Crippen molar-refractivity contribution in [1.29, 1.82) is 0 Å². The second-order valence-electron chi connectivity index (χ2n) is 6.48. The van der Waals surface area contributed by atoms with Crippen LogP contribution < -0.4 is 16.0 Å². The Balaban J connectivity index is 0.00000156. The molecule has 1 aliphatic heterocycles. The lowest BCUT2D eigenvalue weighted by Crippen LogP contribution is -2.36. The van der Waals surface area contributed by atoms with Crippen LogP contribution in [0.15, 0.2) is 6.33 Å². The molecule has 0 unspecified atom stereocenters. The maximum absolute atomic E-state index is 12.1. The first-order valence-corrected chi connectivity index (χ1v) is 8.89. The van der Waals surface area contributed by atoms with Crippen molar-refractivity contribution in [2.45, 2.75) is 57.4 Å². The molecule has 0 spiro atoms. The molecule has 6 nitrogen and oxygen atoms in total. The van der Waals surface area contributed by atoms with Gasteiger partial charge in [-0.15, -0.1) is 24.8 Å². The number of rotatable bonds is 5. The summed E-state index contributed by atoms with van der Waals surface area (Å²) >= 11 is 0. The summed E-state index contributed by atoms with van der Waals surface area (Å²) in [5, 5.41) is 9.87. The Morgan fingerprint density at radius 1 is 1.12 bits per heavy atom. The molecule has 142 valence electrons. The maximum Gasteiger partial charge on any atom is 0.221 e. The predicted octanol–water partition coefficient (Wildman–Crippen LogP) is 2.26. The topological polar surface area (TPSA) is 78.9 Å². The minimum atomic E-state index is 0. The van der Waals surface area contributed by atoms with Crippen LogP contribution in [0.3, 0.4) is 0 Å². The van der Waals surface area contributed by atoms with E-state index in [2.05, 4.69) is 25.9 Å². The molecule has 1 aromatic rings. The molecule has 1 aromatic heterocycles. The Labute approximate surface area is 162 Å². The fraction of sp³-hybridized carbons (Fsp3) is 0.706. The van der Waals surface area contributed by atoms with Gasteiger partial charge in [0.15, 0.2) is 0 Å². The largest absolute Gasteiger partial charge is 0.369 e. The van der Waals surface area contributed by atoms with Crippen molar-refractivity contribution >= 4 is 36.5 Å². The highest BCUT2D eigenvalue weighted by Crippen LogP contribution is 2.19. The summed E-state index contributed by atoms with van der Waals surface area (Å²) in [6.45, 7) is 2.54. The van der Waals surface area contributed by atoms with Gasteiger partial charge in [-0.05, 0) is 25.8 Å². The second kappa shape index (κ2) is 11.5.